The van der Waals surface area contributed by atoms with Gasteiger partial charge >= 0.3 is 5.97 Å². The third-order valence-electron chi connectivity index (χ3n) is 2.83. The summed E-state index contributed by atoms with van der Waals surface area (Å²) in [5.41, 5.74) is 1.52. The molecule has 3 aromatic rings. The predicted octanol–water partition coefficient (Wildman–Crippen LogP) is 2.82. The van der Waals surface area contributed by atoms with Crippen LogP contribution in [-0.2, 0) is 6.42 Å². The van der Waals surface area contributed by atoms with Crippen molar-refractivity contribution in [1.29, 1.82) is 0 Å². The van der Waals surface area contributed by atoms with Crippen molar-refractivity contribution in [3.05, 3.63) is 58.6 Å². The van der Waals surface area contributed by atoms with Gasteiger partial charge in [0, 0.05) is 18.8 Å². The first kappa shape index (κ1) is 11.9. The lowest BCUT2D eigenvalue weighted by Gasteiger charge is -2.02. The zero-order chi connectivity index (χ0) is 13.4. The molecule has 0 saturated carbocycles. The number of fused-ring (bicyclic) bond motifs is 1. The van der Waals surface area contributed by atoms with Gasteiger partial charge in [-0.3, -0.25) is 4.40 Å². The number of nitrogens with zero attached hydrogens (tertiary/aromatic N) is 2. The lowest BCUT2D eigenvalue weighted by Crippen LogP contribution is -2.02. The van der Waals surface area contributed by atoms with E-state index >= 15 is 0 Å². The maximum atomic E-state index is 12.9. The standard InChI is InChI=1S/C13H9FN2O2S/c14-9-3-1-8(2-4-9)7-10-11(12(17)18)19-13-15-5-6-16(10)13/h1-6H,7H2,(H,17,18). The molecule has 4 nitrogen and oxygen atoms in total. The average molecular weight is 276 g/mol. The Bertz CT molecular complexity index is 746. The first-order valence-corrected chi connectivity index (χ1v) is 6.39. The van der Waals surface area contributed by atoms with Crippen LogP contribution in [0.2, 0.25) is 0 Å². The van der Waals surface area contributed by atoms with Crippen molar-refractivity contribution in [1.82, 2.24) is 9.38 Å². The summed E-state index contributed by atoms with van der Waals surface area (Å²) >= 11 is 1.14. The van der Waals surface area contributed by atoms with Crippen molar-refractivity contribution in [2.24, 2.45) is 0 Å². The van der Waals surface area contributed by atoms with E-state index in [0.717, 1.165) is 16.9 Å². The van der Waals surface area contributed by atoms with Gasteiger partial charge in [-0.25, -0.2) is 14.2 Å². The van der Waals surface area contributed by atoms with E-state index in [0.29, 0.717) is 17.1 Å². The summed E-state index contributed by atoms with van der Waals surface area (Å²) in [7, 11) is 0. The average Bonchev–Trinajstić information content (AvgIpc) is 2.94. The Balaban J connectivity index is 2.07. The minimum absolute atomic E-state index is 0.271. The van der Waals surface area contributed by atoms with Crippen molar-refractivity contribution >= 4 is 22.3 Å². The molecule has 0 fully saturated rings. The molecule has 3 rings (SSSR count). The van der Waals surface area contributed by atoms with Crippen LogP contribution >= 0.6 is 11.3 Å². The van der Waals surface area contributed by atoms with Crippen LogP contribution in [0.3, 0.4) is 0 Å². The van der Waals surface area contributed by atoms with Gasteiger partial charge in [-0.05, 0) is 17.7 Å². The zero-order valence-electron chi connectivity index (χ0n) is 9.71. The van der Waals surface area contributed by atoms with Crippen LogP contribution in [0.4, 0.5) is 4.39 Å². The van der Waals surface area contributed by atoms with E-state index < -0.39 is 5.97 Å². The van der Waals surface area contributed by atoms with Crippen molar-refractivity contribution < 1.29 is 14.3 Å². The molecule has 0 aliphatic carbocycles. The van der Waals surface area contributed by atoms with Gasteiger partial charge in [0.1, 0.15) is 10.7 Å². The maximum Gasteiger partial charge on any atom is 0.347 e. The summed E-state index contributed by atoms with van der Waals surface area (Å²) in [5.74, 6) is -1.27. The van der Waals surface area contributed by atoms with Gasteiger partial charge in [0.05, 0.1) is 5.69 Å². The van der Waals surface area contributed by atoms with Gasteiger partial charge in [-0.15, -0.1) is 0 Å². The van der Waals surface area contributed by atoms with Crippen LogP contribution in [-0.4, -0.2) is 20.5 Å². The van der Waals surface area contributed by atoms with E-state index in [9.17, 15) is 14.3 Å². The van der Waals surface area contributed by atoms with Crippen molar-refractivity contribution in [3.8, 4) is 0 Å². The Kier molecular flexibility index (Phi) is 2.79. The van der Waals surface area contributed by atoms with Crippen LogP contribution in [0, 0.1) is 5.82 Å². The Morgan fingerprint density at radius 2 is 2.11 bits per heavy atom. The summed E-state index contributed by atoms with van der Waals surface area (Å²) in [4.78, 5) is 16.3. The molecule has 0 bridgehead atoms. The van der Waals surface area contributed by atoms with Gasteiger partial charge in [-0.1, -0.05) is 23.5 Å². The molecule has 0 unspecified atom stereocenters. The highest BCUT2D eigenvalue weighted by atomic mass is 32.1. The molecular formula is C13H9FN2O2S. The van der Waals surface area contributed by atoms with Gasteiger partial charge in [0.2, 0.25) is 0 Å². The molecule has 96 valence electrons. The fourth-order valence-corrected chi connectivity index (χ4v) is 2.90. The summed E-state index contributed by atoms with van der Waals surface area (Å²) in [6.45, 7) is 0. The molecule has 6 heteroatoms. The van der Waals surface area contributed by atoms with E-state index in [1.165, 1.54) is 12.1 Å². The number of halogens is 1. The Labute approximate surface area is 111 Å². The molecule has 0 atom stereocenters. The second-order valence-corrected chi connectivity index (χ2v) is 5.04. The van der Waals surface area contributed by atoms with Crippen LogP contribution in [0.15, 0.2) is 36.7 Å². The van der Waals surface area contributed by atoms with E-state index in [1.54, 1.807) is 28.9 Å². The summed E-state index contributed by atoms with van der Waals surface area (Å²) in [5, 5.41) is 9.22. The lowest BCUT2D eigenvalue weighted by molar-refractivity contribution is 0.0700. The first-order valence-electron chi connectivity index (χ1n) is 5.57. The number of carboxylic acids is 1. The molecule has 0 aliphatic rings. The zero-order valence-corrected chi connectivity index (χ0v) is 10.5. The number of aromatic carboxylic acids is 1. The van der Waals surface area contributed by atoms with Gasteiger partial charge in [0.25, 0.3) is 0 Å². The van der Waals surface area contributed by atoms with E-state index in [1.807, 2.05) is 0 Å². The number of benzene rings is 1. The van der Waals surface area contributed by atoms with Crippen molar-refractivity contribution in [2.75, 3.05) is 0 Å². The predicted molar refractivity (Wildman–Crippen MR) is 69.2 cm³/mol. The molecule has 2 heterocycles. The molecule has 0 radical (unpaired) electrons. The molecule has 1 aromatic carbocycles. The topological polar surface area (TPSA) is 54.6 Å². The number of imidazole rings is 1. The highest BCUT2D eigenvalue weighted by Crippen LogP contribution is 2.24. The largest absolute Gasteiger partial charge is 0.477 e. The fourth-order valence-electron chi connectivity index (χ4n) is 1.96. The molecule has 0 spiro atoms. The van der Waals surface area contributed by atoms with E-state index in [-0.39, 0.29) is 10.7 Å². The molecule has 2 aromatic heterocycles. The molecule has 0 amide bonds. The third-order valence-corrected chi connectivity index (χ3v) is 3.93. The molecular weight excluding hydrogens is 267 g/mol. The smallest absolute Gasteiger partial charge is 0.347 e. The number of hydrogen-bond donors (Lipinski definition) is 1. The minimum atomic E-state index is -0.965. The minimum Gasteiger partial charge on any atom is -0.477 e. The number of hydrogen-bond acceptors (Lipinski definition) is 3. The van der Waals surface area contributed by atoms with Crippen molar-refractivity contribution in [2.45, 2.75) is 6.42 Å². The van der Waals surface area contributed by atoms with E-state index in [2.05, 4.69) is 4.98 Å². The first-order chi connectivity index (χ1) is 9.15. The highest BCUT2D eigenvalue weighted by molar-refractivity contribution is 7.18. The van der Waals surface area contributed by atoms with Crippen LogP contribution < -0.4 is 0 Å². The van der Waals surface area contributed by atoms with Crippen molar-refractivity contribution in [3.63, 3.8) is 0 Å². The monoisotopic (exact) mass is 276 g/mol. The number of carboxylic acid groups (broad SMARTS) is 1. The second-order valence-electron chi connectivity index (χ2n) is 4.07. The van der Waals surface area contributed by atoms with Gasteiger partial charge < -0.3 is 5.11 Å². The molecule has 0 saturated heterocycles. The number of thiazole rings is 1. The lowest BCUT2D eigenvalue weighted by atomic mass is 10.1. The summed E-state index contributed by atoms with van der Waals surface area (Å²) in [6, 6.07) is 6.04. The summed E-state index contributed by atoms with van der Waals surface area (Å²) in [6.07, 6.45) is 3.79. The fraction of sp³-hybridized carbons (Fsp3) is 0.0769. The Morgan fingerprint density at radius 3 is 2.79 bits per heavy atom. The molecule has 0 aliphatic heterocycles. The maximum absolute atomic E-state index is 12.9. The highest BCUT2D eigenvalue weighted by Gasteiger charge is 2.18. The van der Waals surface area contributed by atoms with Crippen LogP contribution in [0.25, 0.3) is 4.96 Å². The second kappa shape index (κ2) is 4.47. The Morgan fingerprint density at radius 1 is 1.37 bits per heavy atom. The van der Waals surface area contributed by atoms with Gasteiger partial charge in [0.15, 0.2) is 4.96 Å². The van der Waals surface area contributed by atoms with E-state index in [4.69, 9.17) is 0 Å². The summed E-state index contributed by atoms with van der Waals surface area (Å²) < 4.78 is 14.6. The third kappa shape index (κ3) is 2.10. The SMILES string of the molecule is O=C(O)c1sc2nccn2c1Cc1ccc(F)cc1. The number of aromatic nitrogens is 2. The molecule has 19 heavy (non-hydrogen) atoms. The number of carbonyl (C=O) groups is 1. The quantitative estimate of drug-likeness (QED) is 0.800. The molecule has 1 N–H and O–H groups in total. The Hall–Kier alpha value is -2.21. The normalized spacial score (nSPS) is 11.0. The van der Waals surface area contributed by atoms with Gasteiger partial charge in [-0.2, -0.15) is 0 Å². The number of rotatable bonds is 3. The van der Waals surface area contributed by atoms with Crippen LogP contribution in [0.1, 0.15) is 20.9 Å². The van der Waals surface area contributed by atoms with Crippen LogP contribution in [0.5, 0.6) is 0 Å².